The zero-order chi connectivity index (χ0) is 11.3. The number of likely N-dealkylation sites (tertiary alicyclic amines) is 1. The van der Waals surface area contributed by atoms with Gasteiger partial charge in [0.25, 0.3) is 0 Å². The Labute approximate surface area is 89.6 Å². The Balaban J connectivity index is 1.97. The van der Waals surface area contributed by atoms with Crippen LogP contribution in [0.15, 0.2) is 0 Å². The summed E-state index contributed by atoms with van der Waals surface area (Å²) < 4.78 is 5.28. The van der Waals surface area contributed by atoms with Crippen LogP contribution < -0.4 is 0 Å². The van der Waals surface area contributed by atoms with Crippen molar-refractivity contribution in [3.05, 3.63) is 0 Å². The average molecular weight is 211 g/mol. The zero-order valence-corrected chi connectivity index (χ0v) is 9.45. The quantitative estimate of drug-likeness (QED) is 0.619. The number of carbonyl (C=O) groups is 2. The molecule has 1 heterocycles. The van der Waals surface area contributed by atoms with Crippen molar-refractivity contribution in [2.75, 3.05) is 6.54 Å². The van der Waals surface area contributed by atoms with Crippen LogP contribution in [0.2, 0.25) is 0 Å². The molecule has 2 unspecified atom stereocenters. The maximum atomic E-state index is 11.7. The lowest BCUT2D eigenvalue weighted by atomic mass is 10.1. The Kier molecular flexibility index (Phi) is 2.07. The van der Waals surface area contributed by atoms with Gasteiger partial charge in [-0.05, 0) is 33.6 Å². The van der Waals surface area contributed by atoms with E-state index in [2.05, 4.69) is 0 Å². The number of aldehydes is 1. The van der Waals surface area contributed by atoms with Gasteiger partial charge in [-0.3, -0.25) is 0 Å². The number of piperidine rings is 1. The molecule has 1 aliphatic heterocycles. The normalized spacial score (nSPS) is 33.5. The van der Waals surface area contributed by atoms with Gasteiger partial charge in [0.1, 0.15) is 11.9 Å². The molecule has 1 aliphatic carbocycles. The van der Waals surface area contributed by atoms with Gasteiger partial charge >= 0.3 is 6.09 Å². The van der Waals surface area contributed by atoms with Crippen molar-refractivity contribution in [3.63, 3.8) is 0 Å². The van der Waals surface area contributed by atoms with E-state index >= 15 is 0 Å². The van der Waals surface area contributed by atoms with Crippen LogP contribution in [0.3, 0.4) is 0 Å². The van der Waals surface area contributed by atoms with Crippen LogP contribution in [0.1, 0.15) is 33.6 Å². The maximum Gasteiger partial charge on any atom is 0.410 e. The molecule has 0 aromatic rings. The van der Waals surface area contributed by atoms with Crippen LogP contribution in [-0.2, 0) is 9.53 Å². The second-order valence-corrected chi connectivity index (χ2v) is 5.49. The van der Waals surface area contributed by atoms with E-state index in [9.17, 15) is 9.59 Å². The van der Waals surface area contributed by atoms with Gasteiger partial charge in [-0.15, -0.1) is 0 Å². The Hall–Kier alpha value is -1.06. The first-order valence-electron chi connectivity index (χ1n) is 5.34. The van der Waals surface area contributed by atoms with Crippen molar-refractivity contribution >= 4 is 12.4 Å². The summed E-state index contributed by atoms with van der Waals surface area (Å²) in [6.07, 6.45) is 2.33. The van der Waals surface area contributed by atoms with Gasteiger partial charge in [0.15, 0.2) is 0 Å². The average Bonchev–Trinajstić information content (AvgIpc) is 2.70. The minimum Gasteiger partial charge on any atom is -0.444 e. The molecule has 0 N–H and O–H groups in total. The van der Waals surface area contributed by atoms with Crippen molar-refractivity contribution in [2.45, 2.75) is 45.3 Å². The molecule has 0 bridgehead atoms. The first kappa shape index (κ1) is 10.5. The van der Waals surface area contributed by atoms with E-state index in [0.29, 0.717) is 6.54 Å². The number of fused-ring (bicyclic) bond motifs is 1. The highest BCUT2D eigenvalue weighted by Crippen LogP contribution is 2.55. The van der Waals surface area contributed by atoms with Gasteiger partial charge in [-0.2, -0.15) is 0 Å². The Morgan fingerprint density at radius 2 is 2.20 bits per heavy atom. The molecule has 0 aromatic carbocycles. The van der Waals surface area contributed by atoms with Crippen molar-refractivity contribution in [1.82, 2.24) is 4.90 Å². The van der Waals surface area contributed by atoms with Crippen molar-refractivity contribution in [3.8, 4) is 0 Å². The minimum atomic E-state index is -0.460. The Bertz CT molecular complexity index is 307. The fraction of sp³-hybridized carbons (Fsp3) is 0.818. The van der Waals surface area contributed by atoms with Gasteiger partial charge < -0.3 is 14.4 Å². The van der Waals surface area contributed by atoms with Crippen LogP contribution in [0.4, 0.5) is 4.79 Å². The molecule has 4 heteroatoms. The van der Waals surface area contributed by atoms with Gasteiger partial charge in [0.2, 0.25) is 0 Å². The second kappa shape index (κ2) is 2.97. The topological polar surface area (TPSA) is 46.6 Å². The second-order valence-electron chi connectivity index (χ2n) is 5.49. The summed E-state index contributed by atoms with van der Waals surface area (Å²) in [5, 5.41) is 0. The number of amides is 1. The lowest BCUT2D eigenvalue weighted by molar-refractivity contribution is -0.112. The first-order valence-corrected chi connectivity index (χ1v) is 5.34. The van der Waals surface area contributed by atoms with E-state index in [1.807, 2.05) is 20.8 Å². The molecule has 2 rings (SSSR count). The molecule has 4 nitrogen and oxygen atoms in total. The summed E-state index contributed by atoms with van der Waals surface area (Å²) in [5.41, 5.74) is -0.685. The Morgan fingerprint density at radius 1 is 1.53 bits per heavy atom. The number of ether oxygens (including phenoxy) is 1. The maximum absolute atomic E-state index is 11.7. The Morgan fingerprint density at radius 3 is 2.60 bits per heavy atom. The minimum absolute atomic E-state index is 0.102. The molecule has 2 fully saturated rings. The highest BCUT2D eigenvalue weighted by Gasteiger charge is 2.63. The summed E-state index contributed by atoms with van der Waals surface area (Å²) in [5.74, 6) is 0. The van der Waals surface area contributed by atoms with Crippen molar-refractivity contribution < 1.29 is 14.3 Å². The van der Waals surface area contributed by atoms with E-state index in [4.69, 9.17) is 4.74 Å². The predicted octanol–water partition coefficient (Wildman–Crippen LogP) is 1.58. The van der Waals surface area contributed by atoms with Crippen LogP contribution in [-0.4, -0.2) is 35.5 Å². The molecular weight excluding hydrogens is 194 g/mol. The van der Waals surface area contributed by atoms with Gasteiger partial charge in [0.05, 0.1) is 5.41 Å². The molecule has 2 atom stereocenters. The third-order valence-corrected chi connectivity index (χ3v) is 3.13. The number of rotatable bonds is 1. The molecule has 1 amide bonds. The summed E-state index contributed by atoms with van der Waals surface area (Å²) in [7, 11) is 0. The fourth-order valence-electron chi connectivity index (χ4n) is 2.20. The monoisotopic (exact) mass is 211 g/mol. The lowest BCUT2D eigenvalue weighted by Crippen LogP contribution is -2.36. The van der Waals surface area contributed by atoms with Crippen molar-refractivity contribution in [1.29, 1.82) is 0 Å². The van der Waals surface area contributed by atoms with E-state index in [1.165, 1.54) is 0 Å². The van der Waals surface area contributed by atoms with Crippen LogP contribution in [0, 0.1) is 5.41 Å². The summed E-state index contributed by atoms with van der Waals surface area (Å²) >= 11 is 0. The predicted molar refractivity (Wildman–Crippen MR) is 54.5 cm³/mol. The van der Waals surface area contributed by atoms with Crippen LogP contribution in [0.25, 0.3) is 0 Å². The largest absolute Gasteiger partial charge is 0.444 e. The van der Waals surface area contributed by atoms with Crippen molar-refractivity contribution in [2.24, 2.45) is 5.41 Å². The summed E-state index contributed by atoms with van der Waals surface area (Å²) in [6, 6.07) is 0.102. The molecule has 0 radical (unpaired) electrons. The number of hydrogen-bond acceptors (Lipinski definition) is 3. The fourth-order valence-corrected chi connectivity index (χ4v) is 2.20. The molecule has 0 spiro atoms. The lowest BCUT2D eigenvalue weighted by Gasteiger charge is -2.25. The van der Waals surface area contributed by atoms with Crippen LogP contribution >= 0.6 is 0 Å². The van der Waals surface area contributed by atoms with Crippen LogP contribution in [0.5, 0.6) is 0 Å². The third-order valence-electron chi connectivity index (χ3n) is 3.13. The van der Waals surface area contributed by atoms with Gasteiger partial charge in [0, 0.05) is 12.6 Å². The third kappa shape index (κ3) is 1.73. The van der Waals surface area contributed by atoms with Gasteiger partial charge in [-0.25, -0.2) is 4.79 Å². The van der Waals surface area contributed by atoms with E-state index in [-0.39, 0.29) is 17.6 Å². The standard InChI is InChI=1S/C11H17NO3/c1-10(2,3)15-9(14)12-5-4-11(7-13)6-8(11)12/h7-8H,4-6H2,1-3H3. The van der Waals surface area contributed by atoms with E-state index < -0.39 is 5.60 Å². The number of hydrogen-bond donors (Lipinski definition) is 0. The first-order chi connectivity index (χ1) is 6.88. The molecule has 1 saturated heterocycles. The smallest absolute Gasteiger partial charge is 0.410 e. The molecule has 0 aromatic heterocycles. The molecule has 84 valence electrons. The molecule has 1 saturated carbocycles. The SMILES string of the molecule is CC(C)(C)OC(=O)N1CCC2(C=O)CC12. The highest BCUT2D eigenvalue weighted by atomic mass is 16.6. The number of carbonyl (C=O) groups excluding carboxylic acids is 2. The van der Waals surface area contributed by atoms with Gasteiger partial charge in [-0.1, -0.05) is 0 Å². The zero-order valence-electron chi connectivity index (χ0n) is 9.45. The highest BCUT2D eigenvalue weighted by molar-refractivity contribution is 5.75. The molecular formula is C11H17NO3. The van der Waals surface area contributed by atoms with E-state index in [0.717, 1.165) is 19.1 Å². The molecule has 2 aliphatic rings. The summed E-state index contributed by atoms with van der Waals surface area (Å²) in [6.45, 7) is 6.20. The number of nitrogens with zero attached hydrogens (tertiary/aromatic N) is 1. The summed E-state index contributed by atoms with van der Waals surface area (Å²) in [4.78, 5) is 24.3. The molecule has 15 heavy (non-hydrogen) atoms. The van der Waals surface area contributed by atoms with E-state index in [1.54, 1.807) is 4.90 Å².